The monoisotopic (exact) mass is 412 g/mol. The average Bonchev–Trinajstić information content (AvgIpc) is 2.96. The first-order chi connectivity index (χ1) is 12.7. The van der Waals surface area contributed by atoms with Gasteiger partial charge in [0.05, 0.1) is 10.6 Å². The zero-order valence-electron chi connectivity index (χ0n) is 13.5. The maximum atomic E-state index is 13.4. The van der Waals surface area contributed by atoms with E-state index in [4.69, 9.17) is 23.2 Å². The van der Waals surface area contributed by atoms with E-state index >= 15 is 0 Å². The molecule has 4 rings (SSSR count). The molecule has 138 valence electrons. The van der Waals surface area contributed by atoms with Crippen LogP contribution in [0.25, 0.3) is 11.1 Å². The molecule has 2 aromatic heterocycles. The highest BCUT2D eigenvalue weighted by Crippen LogP contribution is 2.41. The minimum atomic E-state index is -4.62. The molecule has 0 spiro atoms. The number of hydrogen-bond donors (Lipinski definition) is 1. The van der Waals surface area contributed by atoms with Gasteiger partial charge in [0, 0.05) is 41.0 Å². The lowest BCUT2D eigenvalue weighted by molar-refractivity contribution is -0.360. The first kappa shape index (κ1) is 17.9. The van der Waals surface area contributed by atoms with E-state index in [2.05, 4.69) is 10.3 Å². The van der Waals surface area contributed by atoms with Crippen LogP contribution < -0.4 is 10.3 Å². The summed E-state index contributed by atoms with van der Waals surface area (Å²) in [6.07, 6.45) is 0.431. The summed E-state index contributed by atoms with van der Waals surface area (Å²) in [5.74, 6) is -0.197. The summed E-state index contributed by atoms with van der Waals surface area (Å²) in [6, 6.07) is 4.83. The average molecular weight is 413 g/mol. The number of benzene rings is 1. The Bertz CT molecular complexity index is 1120. The molecule has 0 fully saturated rings. The van der Waals surface area contributed by atoms with Crippen molar-refractivity contribution >= 4 is 51.6 Å². The highest BCUT2D eigenvalue weighted by molar-refractivity contribution is 6.35. The van der Waals surface area contributed by atoms with Gasteiger partial charge in [-0.05, 0) is 18.2 Å². The largest absolute Gasteiger partial charge is 0.417 e. The molecule has 1 aliphatic rings. The molecule has 1 aromatic carbocycles. The molecule has 0 saturated heterocycles. The van der Waals surface area contributed by atoms with E-state index < -0.39 is 17.5 Å². The van der Waals surface area contributed by atoms with Crippen molar-refractivity contribution in [1.29, 1.82) is 0 Å². The van der Waals surface area contributed by atoms with Crippen LogP contribution >= 0.6 is 23.2 Å². The Morgan fingerprint density at radius 1 is 1.22 bits per heavy atom. The Labute approximate surface area is 161 Å². The van der Waals surface area contributed by atoms with Gasteiger partial charge in [-0.1, -0.05) is 23.2 Å². The maximum absolute atomic E-state index is 13.4. The molecular formula is C18H11Cl2F3N3O+. The number of allylic oxidation sites excluding steroid dienone is 2. The van der Waals surface area contributed by atoms with Crippen LogP contribution in [0.2, 0.25) is 10.0 Å². The summed E-state index contributed by atoms with van der Waals surface area (Å²) in [5.41, 5.74) is 0.266. The fourth-order valence-electron chi connectivity index (χ4n) is 3.16. The Morgan fingerprint density at radius 2 is 2.00 bits per heavy atom. The Balaban J connectivity index is 1.90. The molecule has 1 aliphatic carbocycles. The summed E-state index contributed by atoms with van der Waals surface area (Å²) >= 11 is 12.2. The van der Waals surface area contributed by atoms with Crippen LogP contribution in [0.15, 0.2) is 42.9 Å². The lowest BCUT2D eigenvalue weighted by Crippen LogP contribution is -2.18. The number of aromatic amines is 1. The van der Waals surface area contributed by atoms with E-state index in [-0.39, 0.29) is 12.0 Å². The number of carbonyl (C=O) groups excluding carboxylic acids is 1. The van der Waals surface area contributed by atoms with Gasteiger partial charge in [-0.15, -0.1) is 0 Å². The zero-order valence-corrected chi connectivity index (χ0v) is 15.0. The van der Waals surface area contributed by atoms with Crippen LogP contribution in [0.3, 0.4) is 0 Å². The molecule has 0 atom stereocenters. The summed E-state index contributed by atoms with van der Waals surface area (Å²) < 4.78 is 41.7. The molecule has 0 saturated carbocycles. The minimum Gasteiger partial charge on any atom is -0.312 e. The first-order valence-corrected chi connectivity index (χ1v) is 8.58. The number of halogens is 5. The number of nitrogens with zero attached hydrogens (tertiary/aromatic N) is 1. The highest BCUT2D eigenvalue weighted by atomic mass is 35.5. The fourth-order valence-corrected chi connectivity index (χ4v) is 3.50. The van der Waals surface area contributed by atoms with Gasteiger partial charge in [-0.2, -0.15) is 13.2 Å². The Kier molecular flexibility index (Phi) is 4.16. The van der Waals surface area contributed by atoms with Gasteiger partial charge in [0.1, 0.15) is 17.4 Å². The van der Waals surface area contributed by atoms with Gasteiger partial charge in [0.25, 0.3) is 0 Å². The van der Waals surface area contributed by atoms with Gasteiger partial charge in [0.15, 0.2) is 5.78 Å². The van der Waals surface area contributed by atoms with Crippen LogP contribution in [0.4, 0.5) is 24.7 Å². The van der Waals surface area contributed by atoms with E-state index in [0.717, 1.165) is 0 Å². The van der Waals surface area contributed by atoms with Gasteiger partial charge in [0.2, 0.25) is 0 Å². The van der Waals surface area contributed by atoms with Crippen molar-refractivity contribution in [1.82, 2.24) is 4.40 Å². The number of alkyl halides is 3. The summed E-state index contributed by atoms with van der Waals surface area (Å²) in [4.78, 5) is 14.9. The molecule has 4 nitrogen and oxygen atoms in total. The van der Waals surface area contributed by atoms with Gasteiger partial charge in [-0.25, -0.2) is 10.3 Å². The predicted molar refractivity (Wildman–Crippen MR) is 96.4 cm³/mol. The lowest BCUT2D eigenvalue weighted by atomic mass is 9.92. The fraction of sp³-hybridized carbons (Fsp3) is 0.111. The van der Waals surface area contributed by atoms with E-state index in [1.54, 1.807) is 35.0 Å². The molecule has 9 heteroatoms. The number of rotatable bonds is 2. The number of fused-ring (bicyclic) bond motifs is 3. The lowest BCUT2D eigenvalue weighted by Gasteiger charge is -2.16. The van der Waals surface area contributed by atoms with Crippen molar-refractivity contribution in [2.75, 3.05) is 5.32 Å². The number of H-pyrrole nitrogens is 1. The Hall–Kier alpha value is -2.51. The molecule has 3 aromatic rings. The number of ketones is 1. The van der Waals surface area contributed by atoms with E-state index in [1.807, 2.05) is 0 Å². The normalized spacial score (nSPS) is 14.3. The molecule has 2 heterocycles. The molecule has 2 N–H and O–H groups in total. The van der Waals surface area contributed by atoms with Crippen LogP contribution in [0, 0.1) is 0 Å². The number of hydrogen-bond acceptors (Lipinski definition) is 2. The van der Waals surface area contributed by atoms with E-state index in [1.165, 1.54) is 6.20 Å². The Morgan fingerprint density at radius 3 is 2.74 bits per heavy atom. The van der Waals surface area contributed by atoms with Crippen LogP contribution in [0.5, 0.6) is 0 Å². The third kappa shape index (κ3) is 3.17. The van der Waals surface area contributed by atoms with Gasteiger partial charge in [-0.3, -0.25) is 4.79 Å². The third-order valence-electron chi connectivity index (χ3n) is 4.28. The van der Waals surface area contributed by atoms with Crippen molar-refractivity contribution < 1.29 is 22.9 Å². The third-order valence-corrected chi connectivity index (χ3v) is 4.84. The second kappa shape index (κ2) is 6.28. The van der Waals surface area contributed by atoms with Gasteiger partial charge < -0.3 is 4.40 Å². The van der Waals surface area contributed by atoms with E-state index in [9.17, 15) is 18.0 Å². The van der Waals surface area contributed by atoms with Crippen LogP contribution in [-0.2, 0) is 11.2 Å². The molecule has 27 heavy (non-hydrogen) atoms. The summed E-state index contributed by atoms with van der Waals surface area (Å²) in [5, 5.41) is 3.89. The van der Waals surface area contributed by atoms with Crippen molar-refractivity contribution in [2.45, 2.75) is 12.6 Å². The summed E-state index contributed by atoms with van der Waals surface area (Å²) in [6.45, 7) is 0. The molecule has 0 radical (unpaired) electrons. The summed E-state index contributed by atoms with van der Waals surface area (Å²) in [7, 11) is 0. The maximum Gasteiger partial charge on any atom is 0.417 e. The second-order valence-electron chi connectivity index (χ2n) is 6.06. The quantitative estimate of drug-likeness (QED) is 0.652. The zero-order chi connectivity index (χ0) is 19.3. The van der Waals surface area contributed by atoms with Gasteiger partial charge >= 0.3 is 12.0 Å². The molecular weight excluding hydrogens is 402 g/mol. The first-order valence-electron chi connectivity index (χ1n) is 7.82. The van der Waals surface area contributed by atoms with Crippen molar-refractivity contribution in [3.8, 4) is 0 Å². The number of aromatic nitrogens is 2. The second-order valence-corrected chi connectivity index (χ2v) is 6.90. The topological polar surface area (TPSA) is 47.7 Å². The minimum absolute atomic E-state index is 0.0121. The van der Waals surface area contributed by atoms with Crippen molar-refractivity contribution in [3.05, 3.63) is 64.0 Å². The molecule has 0 unspecified atom stereocenters. The predicted octanol–water partition coefficient (Wildman–Crippen LogP) is 4.87. The molecule has 0 aliphatic heterocycles. The SMILES string of the molecule is O=C1C=C(C(F)(F)F)c2cn3cc[nH+]c(Nc4cc(Cl)ccc4Cl)c3c2C1. The van der Waals surface area contributed by atoms with E-state index in [0.29, 0.717) is 38.7 Å². The number of anilines is 2. The molecule has 0 bridgehead atoms. The van der Waals surface area contributed by atoms with Crippen molar-refractivity contribution in [3.63, 3.8) is 0 Å². The number of carbonyl (C=O) groups is 1. The van der Waals surface area contributed by atoms with Crippen molar-refractivity contribution in [2.24, 2.45) is 0 Å². The highest BCUT2D eigenvalue weighted by Gasteiger charge is 2.40. The molecule has 0 amide bonds. The van der Waals surface area contributed by atoms with Crippen LogP contribution in [-0.4, -0.2) is 16.4 Å². The smallest absolute Gasteiger partial charge is 0.312 e. The standard InChI is InChI=1S/C18H10Cl2F3N3O/c19-9-1-2-14(20)15(5-9)25-17-16-11-6-10(27)7-13(18(21,22)23)12(11)8-26(16)4-3-24-17/h1-5,7-8H,6H2,(H,24,25)/p+1. The van der Waals surface area contributed by atoms with Crippen LogP contribution in [0.1, 0.15) is 11.1 Å². The number of nitrogens with one attached hydrogen (secondary N) is 2.